The molecule has 1 saturated heterocycles. The highest BCUT2D eigenvalue weighted by Crippen LogP contribution is 2.32. The summed E-state index contributed by atoms with van der Waals surface area (Å²) in [5.74, 6) is -1.91. The Kier molecular flexibility index (Phi) is 12.3. The lowest BCUT2D eigenvalue weighted by Gasteiger charge is -2.30. The average Bonchev–Trinajstić information content (AvgIpc) is 2.99. The summed E-state index contributed by atoms with van der Waals surface area (Å²) in [4.78, 5) is 0. The van der Waals surface area contributed by atoms with E-state index < -0.39 is 11.6 Å². The Labute approximate surface area is 244 Å². The average molecular weight is 567 g/mol. The van der Waals surface area contributed by atoms with E-state index in [1.54, 1.807) is 48.5 Å². The fraction of sp³-hybridized carbons (Fsp3) is 0.500. The molecular weight excluding hydrogens is 521 g/mol. The van der Waals surface area contributed by atoms with Crippen molar-refractivity contribution in [2.24, 2.45) is 0 Å². The topological polar surface area (TPSA) is 18.5 Å². The molecule has 2 nitrogen and oxygen atoms in total. The molecule has 1 fully saturated rings. The summed E-state index contributed by atoms with van der Waals surface area (Å²) in [6, 6.07) is 15.5. The molecule has 3 aromatic carbocycles. The van der Waals surface area contributed by atoms with Crippen molar-refractivity contribution in [1.82, 2.24) is 0 Å². The molecule has 4 rings (SSSR count). The molecule has 1 heterocycles. The SMILES string of the molecule is CCCCCCCCCc1ccc(-c2ccc(-c3ccc(C4COC(CCCCC)OC4)cc3F)cc2)c(F)c1F. The number of benzene rings is 3. The minimum absolute atomic E-state index is 0.00464. The molecule has 0 amide bonds. The van der Waals surface area contributed by atoms with Gasteiger partial charge in [0.2, 0.25) is 0 Å². The predicted molar refractivity (Wildman–Crippen MR) is 161 cm³/mol. The molecule has 0 bridgehead atoms. The standard InChI is InChI=1S/C36H45F3O2/c1-3-5-7-8-9-10-12-13-28-19-22-32(36(39)35(28)38)27-17-15-26(16-18-27)31-21-20-29(23-33(31)37)30-24-40-34(41-25-30)14-11-6-4-2/h15-23,30,34H,3-14,24-25H2,1-2H3. The van der Waals surface area contributed by atoms with Gasteiger partial charge < -0.3 is 9.47 Å². The zero-order valence-electron chi connectivity index (χ0n) is 24.7. The molecule has 41 heavy (non-hydrogen) atoms. The molecule has 0 aliphatic carbocycles. The molecule has 0 atom stereocenters. The summed E-state index contributed by atoms with van der Waals surface area (Å²) >= 11 is 0. The van der Waals surface area contributed by atoms with Crippen LogP contribution < -0.4 is 0 Å². The second kappa shape index (κ2) is 16.1. The maximum Gasteiger partial charge on any atom is 0.166 e. The van der Waals surface area contributed by atoms with Crippen LogP contribution in [0.5, 0.6) is 0 Å². The number of hydrogen-bond acceptors (Lipinski definition) is 2. The lowest BCUT2D eigenvalue weighted by Crippen LogP contribution is -2.30. The van der Waals surface area contributed by atoms with Gasteiger partial charge in [-0.2, -0.15) is 0 Å². The van der Waals surface area contributed by atoms with Crippen LogP contribution in [0.1, 0.15) is 102 Å². The van der Waals surface area contributed by atoms with E-state index in [0.29, 0.717) is 41.9 Å². The summed E-state index contributed by atoms with van der Waals surface area (Å²) in [6.45, 7) is 5.40. The number of aryl methyl sites for hydroxylation is 1. The van der Waals surface area contributed by atoms with E-state index in [0.717, 1.165) is 50.5 Å². The smallest absolute Gasteiger partial charge is 0.166 e. The van der Waals surface area contributed by atoms with Gasteiger partial charge in [0.15, 0.2) is 17.9 Å². The third-order valence-corrected chi connectivity index (χ3v) is 8.19. The van der Waals surface area contributed by atoms with E-state index >= 15 is 8.78 Å². The monoisotopic (exact) mass is 566 g/mol. The van der Waals surface area contributed by atoms with E-state index in [4.69, 9.17) is 9.47 Å². The van der Waals surface area contributed by atoms with Crippen molar-refractivity contribution in [3.05, 3.63) is 83.2 Å². The van der Waals surface area contributed by atoms with Gasteiger partial charge in [0.1, 0.15) is 5.82 Å². The number of hydrogen-bond donors (Lipinski definition) is 0. The van der Waals surface area contributed by atoms with Gasteiger partial charge in [-0.25, -0.2) is 13.2 Å². The van der Waals surface area contributed by atoms with Crippen molar-refractivity contribution in [3.8, 4) is 22.3 Å². The summed E-state index contributed by atoms with van der Waals surface area (Å²) in [5, 5.41) is 0. The van der Waals surface area contributed by atoms with Crippen LogP contribution in [0.25, 0.3) is 22.3 Å². The Morgan fingerprint density at radius 1 is 0.634 bits per heavy atom. The van der Waals surface area contributed by atoms with Crippen LogP contribution in [0, 0.1) is 17.5 Å². The van der Waals surface area contributed by atoms with Crippen molar-refractivity contribution < 1.29 is 22.6 Å². The number of rotatable bonds is 15. The van der Waals surface area contributed by atoms with Gasteiger partial charge in [-0.05, 0) is 54.0 Å². The maximum absolute atomic E-state index is 15.2. The third-order valence-electron chi connectivity index (χ3n) is 8.19. The van der Waals surface area contributed by atoms with Gasteiger partial charge >= 0.3 is 0 Å². The highest BCUT2D eigenvalue weighted by atomic mass is 19.2. The number of unbranched alkanes of at least 4 members (excludes halogenated alkanes) is 8. The maximum atomic E-state index is 15.2. The fourth-order valence-corrected chi connectivity index (χ4v) is 5.59. The summed E-state index contributed by atoms with van der Waals surface area (Å²) in [6.07, 6.45) is 12.6. The van der Waals surface area contributed by atoms with Crippen LogP contribution in [0.3, 0.4) is 0 Å². The first-order valence-corrected chi connectivity index (χ1v) is 15.6. The summed E-state index contributed by atoms with van der Waals surface area (Å²) < 4.78 is 56.8. The molecule has 0 unspecified atom stereocenters. The van der Waals surface area contributed by atoms with Gasteiger partial charge in [0.05, 0.1) is 13.2 Å². The van der Waals surface area contributed by atoms with Gasteiger partial charge in [-0.15, -0.1) is 0 Å². The minimum atomic E-state index is -0.821. The van der Waals surface area contributed by atoms with Gasteiger partial charge in [-0.3, -0.25) is 0 Å². The first kappa shape index (κ1) is 31.3. The van der Waals surface area contributed by atoms with Gasteiger partial charge in [0, 0.05) is 17.0 Å². The van der Waals surface area contributed by atoms with Crippen LogP contribution in [-0.4, -0.2) is 19.5 Å². The first-order chi connectivity index (χ1) is 20.0. The Balaban J connectivity index is 1.35. The Morgan fingerprint density at radius 3 is 1.88 bits per heavy atom. The molecule has 5 heteroatoms. The van der Waals surface area contributed by atoms with Crippen molar-refractivity contribution in [2.75, 3.05) is 13.2 Å². The molecule has 222 valence electrons. The zero-order chi connectivity index (χ0) is 29.0. The van der Waals surface area contributed by atoms with Crippen LogP contribution in [-0.2, 0) is 15.9 Å². The molecule has 3 aromatic rings. The largest absolute Gasteiger partial charge is 0.352 e. The quantitative estimate of drug-likeness (QED) is 0.170. The molecule has 1 aliphatic rings. The molecule has 0 radical (unpaired) electrons. The Bertz CT molecular complexity index is 1220. The van der Waals surface area contributed by atoms with Crippen LogP contribution in [0.4, 0.5) is 13.2 Å². The Hall–Kier alpha value is -2.63. The van der Waals surface area contributed by atoms with Crippen LogP contribution >= 0.6 is 0 Å². The number of ether oxygens (including phenoxy) is 2. The van der Waals surface area contributed by atoms with Crippen molar-refractivity contribution in [1.29, 1.82) is 0 Å². The van der Waals surface area contributed by atoms with Crippen LogP contribution in [0.2, 0.25) is 0 Å². The molecule has 0 saturated carbocycles. The molecule has 0 aromatic heterocycles. The second-order valence-electron chi connectivity index (χ2n) is 11.4. The molecule has 0 N–H and O–H groups in total. The normalized spacial score (nSPS) is 17.2. The fourth-order valence-electron chi connectivity index (χ4n) is 5.59. The van der Waals surface area contributed by atoms with Crippen molar-refractivity contribution in [3.63, 3.8) is 0 Å². The first-order valence-electron chi connectivity index (χ1n) is 15.6. The predicted octanol–water partition coefficient (Wildman–Crippen LogP) is 10.8. The van der Waals surface area contributed by atoms with Crippen molar-refractivity contribution >= 4 is 0 Å². The number of halogens is 3. The zero-order valence-corrected chi connectivity index (χ0v) is 24.7. The third kappa shape index (κ3) is 8.68. The van der Waals surface area contributed by atoms with Crippen molar-refractivity contribution in [2.45, 2.75) is 103 Å². The lowest BCUT2D eigenvalue weighted by atomic mass is 9.94. The molecule has 0 spiro atoms. The van der Waals surface area contributed by atoms with E-state index in [2.05, 4.69) is 13.8 Å². The molecular formula is C36H45F3O2. The molecule has 1 aliphatic heterocycles. The highest BCUT2D eigenvalue weighted by Gasteiger charge is 2.24. The van der Waals surface area contributed by atoms with Gasteiger partial charge in [-0.1, -0.05) is 114 Å². The summed E-state index contributed by atoms with van der Waals surface area (Å²) in [7, 11) is 0. The minimum Gasteiger partial charge on any atom is -0.352 e. The highest BCUT2D eigenvalue weighted by molar-refractivity contribution is 5.71. The van der Waals surface area contributed by atoms with E-state index in [1.807, 2.05) is 6.07 Å². The summed E-state index contributed by atoms with van der Waals surface area (Å²) in [5.41, 5.74) is 3.21. The Morgan fingerprint density at radius 2 is 1.22 bits per heavy atom. The van der Waals surface area contributed by atoms with E-state index in [1.165, 1.54) is 25.7 Å². The second-order valence-corrected chi connectivity index (χ2v) is 11.4. The van der Waals surface area contributed by atoms with E-state index in [9.17, 15) is 4.39 Å². The van der Waals surface area contributed by atoms with E-state index in [-0.39, 0.29) is 23.6 Å². The van der Waals surface area contributed by atoms with Crippen LogP contribution in [0.15, 0.2) is 54.6 Å². The lowest BCUT2D eigenvalue weighted by molar-refractivity contribution is -0.190. The van der Waals surface area contributed by atoms with Gasteiger partial charge in [0.25, 0.3) is 0 Å².